The van der Waals surface area contributed by atoms with E-state index in [1.54, 1.807) is 0 Å². The molecule has 1 fully saturated rings. The van der Waals surface area contributed by atoms with E-state index >= 15 is 0 Å². The lowest BCUT2D eigenvalue weighted by molar-refractivity contribution is 0.0690. The molecular formula is C20H21N5O2. The van der Waals surface area contributed by atoms with E-state index in [2.05, 4.69) is 27.2 Å². The molecule has 7 heteroatoms. The van der Waals surface area contributed by atoms with Crippen LogP contribution in [0.1, 0.15) is 16.1 Å². The zero-order chi connectivity index (χ0) is 18.8. The SMILES string of the molecule is Cc1ccc(-n2nc(C(=O)O)c(N3CCN(c4ccccc4)CC3)n2)cc1. The van der Waals surface area contributed by atoms with Crippen molar-refractivity contribution in [3.8, 4) is 5.69 Å². The number of hydrogen-bond donors (Lipinski definition) is 1. The molecule has 0 unspecified atom stereocenters. The lowest BCUT2D eigenvalue weighted by Crippen LogP contribution is -2.47. The number of piperazine rings is 1. The van der Waals surface area contributed by atoms with Crippen LogP contribution in [0.2, 0.25) is 0 Å². The van der Waals surface area contributed by atoms with E-state index in [1.807, 2.05) is 54.3 Å². The lowest BCUT2D eigenvalue weighted by Gasteiger charge is -2.36. The highest BCUT2D eigenvalue weighted by atomic mass is 16.4. The first-order valence-corrected chi connectivity index (χ1v) is 8.94. The maximum atomic E-state index is 11.7. The fourth-order valence-electron chi connectivity index (χ4n) is 3.26. The van der Waals surface area contributed by atoms with Gasteiger partial charge in [-0.15, -0.1) is 15.0 Å². The summed E-state index contributed by atoms with van der Waals surface area (Å²) in [6.45, 7) is 5.01. The number of aromatic nitrogens is 3. The molecule has 0 radical (unpaired) electrons. The molecule has 0 amide bonds. The van der Waals surface area contributed by atoms with Crippen LogP contribution in [0.15, 0.2) is 54.6 Å². The Labute approximate surface area is 157 Å². The Kier molecular flexibility index (Phi) is 4.50. The number of benzene rings is 2. The van der Waals surface area contributed by atoms with E-state index < -0.39 is 5.97 Å². The van der Waals surface area contributed by atoms with Crippen molar-refractivity contribution >= 4 is 17.5 Å². The smallest absolute Gasteiger partial charge is 0.360 e. The van der Waals surface area contributed by atoms with Crippen LogP contribution in [0.4, 0.5) is 11.5 Å². The summed E-state index contributed by atoms with van der Waals surface area (Å²) in [5.41, 5.74) is 3.04. The van der Waals surface area contributed by atoms with E-state index in [4.69, 9.17) is 0 Å². The maximum absolute atomic E-state index is 11.7. The molecule has 3 aromatic rings. The number of carbonyl (C=O) groups is 1. The van der Waals surface area contributed by atoms with Crippen molar-refractivity contribution in [2.75, 3.05) is 36.0 Å². The summed E-state index contributed by atoms with van der Waals surface area (Å²) in [4.78, 5) is 17.4. The van der Waals surface area contributed by atoms with Crippen LogP contribution in [0, 0.1) is 6.92 Å². The van der Waals surface area contributed by atoms with Gasteiger partial charge >= 0.3 is 5.97 Å². The average molecular weight is 363 g/mol. The predicted molar refractivity (Wildman–Crippen MR) is 104 cm³/mol. The van der Waals surface area contributed by atoms with Crippen molar-refractivity contribution in [3.05, 3.63) is 65.9 Å². The van der Waals surface area contributed by atoms with Crippen molar-refractivity contribution in [1.29, 1.82) is 0 Å². The second-order valence-corrected chi connectivity index (χ2v) is 6.61. The molecule has 1 N–H and O–H groups in total. The third kappa shape index (κ3) is 3.48. The molecule has 4 rings (SSSR count). The minimum Gasteiger partial charge on any atom is -0.476 e. The van der Waals surface area contributed by atoms with Gasteiger partial charge in [0.1, 0.15) is 0 Å². The zero-order valence-electron chi connectivity index (χ0n) is 15.1. The summed E-state index contributed by atoms with van der Waals surface area (Å²) in [6.07, 6.45) is 0. The third-order valence-corrected chi connectivity index (χ3v) is 4.76. The number of carboxylic acid groups (broad SMARTS) is 1. The van der Waals surface area contributed by atoms with Gasteiger partial charge in [0, 0.05) is 31.9 Å². The summed E-state index contributed by atoms with van der Waals surface area (Å²) in [5.74, 6) is -0.635. The first-order valence-electron chi connectivity index (χ1n) is 8.94. The molecule has 0 aliphatic carbocycles. The van der Waals surface area contributed by atoms with Crippen molar-refractivity contribution < 1.29 is 9.90 Å². The average Bonchev–Trinajstić information content (AvgIpc) is 3.15. The minimum atomic E-state index is -1.06. The Balaban J connectivity index is 1.56. The first-order chi connectivity index (χ1) is 13.1. The molecule has 7 nitrogen and oxygen atoms in total. The molecule has 0 atom stereocenters. The number of hydrogen-bond acceptors (Lipinski definition) is 5. The Bertz CT molecular complexity index is 929. The number of aromatic carboxylic acids is 1. The van der Waals surface area contributed by atoms with Gasteiger partial charge in [-0.3, -0.25) is 0 Å². The third-order valence-electron chi connectivity index (χ3n) is 4.76. The van der Waals surface area contributed by atoms with Gasteiger partial charge in [0.05, 0.1) is 5.69 Å². The second-order valence-electron chi connectivity index (χ2n) is 6.61. The van der Waals surface area contributed by atoms with Gasteiger partial charge in [-0.2, -0.15) is 0 Å². The molecule has 1 aromatic heterocycles. The fraction of sp³-hybridized carbons (Fsp3) is 0.250. The number of carboxylic acids is 1. The van der Waals surface area contributed by atoms with Gasteiger partial charge in [0.15, 0.2) is 5.82 Å². The van der Waals surface area contributed by atoms with Crippen molar-refractivity contribution in [1.82, 2.24) is 15.0 Å². The number of anilines is 2. The summed E-state index contributed by atoms with van der Waals surface area (Å²) >= 11 is 0. The summed E-state index contributed by atoms with van der Waals surface area (Å²) in [5, 5.41) is 18.3. The van der Waals surface area contributed by atoms with E-state index in [9.17, 15) is 9.90 Å². The number of nitrogens with zero attached hydrogens (tertiary/aromatic N) is 5. The highest BCUT2D eigenvalue weighted by Gasteiger charge is 2.26. The molecule has 138 valence electrons. The molecule has 2 heterocycles. The van der Waals surface area contributed by atoms with Gasteiger partial charge in [0.2, 0.25) is 5.69 Å². The van der Waals surface area contributed by atoms with E-state index in [-0.39, 0.29) is 5.69 Å². The van der Waals surface area contributed by atoms with Crippen LogP contribution in [0.5, 0.6) is 0 Å². The van der Waals surface area contributed by atoms with Gasteiger partial charge in [-0.05, 0) is 31.2 Å². The highest BCUT2D eigenvalue weighted by molar-refractivity contribution is 5.91. The molecule has 1 aliphatic heterocycles. The summed E-state index contributed by atoms with van der Waals surface area (Å²) < 4.78 is 0. The van der Waals surface area contributed by atoms with Gasteiger partial charge in [0.25, 0.3) is 0 Å². The summed E-state index contributed by atoms with van der Waals surface area (Å²) in [7, 11) is 0. The second kappa shape index (κ2) is 7.11. The lowest BCUT2D eigenvalue weighted by atomic mass is 10.2. The Morgan fingerprint density at radius 3 is 2.11 bits per heavy atom. The molecule has 1 saturated heterocycles. The minimum absolute atomic E-state index is 0.0104. The first kappa shape index (κ1) is 17.1. The van der Waals surface area contributed by atoms with Crippen LogP contribution < -0.4 is 9.80 Å². The standard InChI is InChI=1S/C20H21N5O2/c1-15-7-9-17(10-8-15)25-21-18(20(26)27)19(22-25)24-13-11-23(12-14-24)16-5-3-2-4-6-16/h2-10H,11-14H2,1H3,(H,26,27). The van der Waals surface area contributed by atoms with Gasteiger partial charge in [-0.1, -0.05) is 35.9 Å². The monoisotopic (exact) mass is 363 g/mol. The largest absolute Gasteiger partial charge is 0.476 e. The van der Waals surface area contributed by atoms with Crippen LogP contribution in [0.3, 0.4) is 0 Å². The number of para-hydroxylation sites is 1. The van der Waals surface area contributed by atoms with Crippen LogP contribution in [-0.4, -0.2) is 52.2 Å². The van der Waals surface area contributed by atoms with Gasteiger partial charge in [-0.25, -0.2) is 4.79 Å². The van der Waals surface area contributed by atoms with Crippen molar-refractivity contribution in [2.24, 2.45) is 0 Å². The highest BCUT2D eigenvalue weighted by Crippen LogP contribution is 2.22. The molecule has 0 saturated carbocycles. The van der Waals surface area contributed by atoms with E-state index in [0.29, 0.717) is 18.9 Å². The van der Waals surface area contributed by atoms with Crippen LogP contribution >= 0.6 is 0 Å². The molecule has 27 heavy (non-hydrogen) atoms. The summed E-state index contributed by atoms with van der Waals surface area (Å²) in [6, 6.07) is 17.9. The van der Waals surface area contributed by atoms with E-state index in [1.165, 1.54) is 10.5 Å². The maximum Gasteiger partial charge on any atom is 0.360 e. The topological polar surface area (TPSA) is 74.5 Å². The Morgan fingerprint density at radius 1 is 0.852 bits per heavy atom. The number of rotatable bonds is 4. The molecule has 2 aromatic carbocycles. The molecule has 0 spiro atoms. The quantitative estimate of drug-likeness (QED) is 0.768. The van der Waals surface area contributed by atoms with Crippen molar-refractivity contribution in [2.45, 2.75) is 6.92 Å². The molecule has 0 bridgehead atoms. The Hall–Kier alpha value is -3.35. The normalized spacial score (nSPS) is 14.4. The van der Waals surface area contributed by atoms with Gasteiger partial charge < -0.3 is 14.9 Å². The zero-order valence-corrected chi connectivity index (χ0v) is 15.1. The number of aryl methyl sites for hydroxylation is 1. The van der Waals surface area contributed by atoms with Crippen molar-refractivity contribution in [3.63, 3.8) is 0 Å². The van der Waals surface area contributed by atoms with Crippen LogP contribution in [0.25, 0.3) is 5.69 Å². The predicted octanol–water partition coefficient (Wildman–Crippen LogP) is 2.60. The van der Waals surface area contributed by atoms with E-state index in [0.717, 1.165) is 24.3 Å². The fourth-order valence-corrected chi connectivity index (χ4v) is 3.26. The van der Waals surface area contributed by atoms with Crippen LogP contribution in [-0.2, 0) is 0 Å². The Morgan fingerprint density at radius 2 is 1.48 bits per heavy atom. The molecular weight excluding hydrogens is 342 g/mol. The molecule has 1 aliphatic rings.